The number of carbonyl (C=O) groups is 1. The first-order chi connectivity index (χ1) is 12.7. The number of thioether (sulfide) groups is 1. The van der Waals surface area contributed by atoms with Crippen LogP contribution in [0.4, 0.5) is 8.78 Å². The zero-order valence-corrected chi connectivity index (χ0v) is 16.7. The van der Waals surface area contributed by atoms with Crippen LogP contribution in [-0.2, 0) is 21.4 Å². The maximum atomic E-state index is 12.8. The summed E-state index contributed by atoms with van der Waals surface area (Å²) in [5.74, 6) is -2.97. The number of amides is 1. The third kappa shape index (κ3) is 5.88. The van der Waals surface area contributed by atoms with Crippen molar-refractivity contribution < 1.29 is 22.0 Å². The summed E-state index contributed by atoms with van der Waals surface area (Å²) < 4.78 is 51.6. The Morgan fingerprint density at radius 2 is 2.07 bits per heavy atom. The second kappa shape index (κ2) is 9.47. The Labute approximate surface area is 161 Å². The lowest BCUT2D eigenvalue weighted by Gasteiger charge is -2.16. The molecule has 11 heteroatoms. The zero-order valence-electron chi connectivity index (χ0n) is 15.1. The quantitative estimate of drug-likeness (QED) is 0.470. The fraction of sp³-hybridized carbons (Fsp3) is 0.500. The molecule has 2 rings (SSSR count). The maximum Gasteiger partial charge on any atom is 0.291 e. The molecule has 0 aliphatic heterocycles. The molecule has 0 aliphatic rings. The summed E-state index contributed by atoms with van der Waals surface area (Å²) in [5, 5.41) is 2.76. The summed E-state index contributed by atoms with van der Waals surface area (Å²) in [7, 11) is -1.75. The Bertz CT molecular complexity index is 887. The first-order valence-electron chi connectivity index (χ1n) is 8.35. The molecule has 1 N–H and O–H groups in total. The van der Waals surface area contributed by atoms with Gasteiger partial charge in [-0.2, -0.15) is 8.78 Å². The van der Waals surface area contributed by atoms with Crippen LogP contribution in [0.1, 0.15) is 13.3 Å². The molecule has 1 amide bonds. The van der Waals surface area contributed by atoms with Gasteiger partial charge in [0.1, 0.15) is 6.54 Å². The van der Waals surface area contributed by atoms with E-state index in [9.17, 15) is 22.0 Å². The van der Waals surface area contributed by atoms with Crippen LogP contribution in [0.25, 0.3) is 11.0 Å². The van der Waals surface area contributed by atoms with Gasteiger partial charge in [0.25, 0.3) is 5.76 Å². The van der Waals surface area contributed by atoms with E-state index in [1.807, 2.05) is 0 Å². The highest BCUT2D eigenvalue weighted by Crippen LogP contribution is 2.28. The molecule has 2 aromatic rings. The number of aromatic nitrogens is 2. The number of fused-ring (bicyclic) bond motifs is 1. The highest BCUT2D eigenvalue weighted by molar-refractivity contribution is 7.99. The van der Waals surface area contributed by atoms with Crippen molar-refractivity contribution >= 4 is 38.7 Å². The summed E-state index contributed by atoms with van der Waals surface area (Å²) in [6, 6.07) is 6.91. The van der Waals surface area contributed by atoms with Crippen LogP contribution in [0, 0.1) is 0 Å². The molecule has 0 fully saturated rings. The van der Waals surface area contributed by atoms with Crippen molar-refractivity contribution in [2.45, 2.75) is 30.8 Å². The molecule has 1 heterocycles. The highest BCUT2D eigenvalue weighted by Gasteiger charge is 2.18. The second-order valence-corrected chi connectivity index (χ2v) is 9.10. The number of alkyl halides is 2. The van der Waals surface area contributed by atoms with Crippen LogP contribution in [-0.4, -0.2) is 59.8 Å². The molecule has 0 saturated heterocycles. The molecule has 0 spiro atoms. The van der Waals surface area contributed by atoms with Gasteiger partial charge < -0.3 is 9.88 Å². The average molecular weight is 421 g/mol. The van der Waals surface area contributed by atoms with Crippen molar-refractivity contribution in [1.29, 1.82) is 0 Å². The first kappa shape index (κ1) is 21.6. The normalized spacial score (nSPS) is 12.2. The first-order valence-corrected chi connectivity index (χ1v) is 10.8. The van der Waals surface area contributed by atoms with Gasteiger partial charge in [0, 0.05) is 20.1 Å². The monoisotopic (exact) mass is 420 g/mol. The fourth-order valence-corrected chi connectivity index (χ4v) is 3.91. The number of halogens is 2. The lowest BCUT2D eigenvalue weighted by Crippen LogP contribution is -2.33. The van der Waals surface area contributed by atoms with Gasteiger partial charge in [-0.25, -0.2) is 17.7 Å². The molecule has 0 radical (unpaired) electrons. The van der Waals surface area contributed by atoms with Gasteiger partial charge in [0.05, 0.1) is 16.8 Å². The van der Waals surface area contributed by atoms with Gasteiger partial charge in [-0.3, -0.25) is 4.79 Å². The maximum absolute atomic E-state index is 12.8. The van der Waals surface area contributed by atoms with E-state index >= 15 is 0 Å². The van der Waals surface area contributed by atoms with E-state index in [1.54, 1.807) is 31.2 Å². The van der Waals surface area contributed by atoms with Crippen molar-refractivity contribution in [1.82, 2.24) is 19.2 Å². The van der Waals surface area contributed by atoms with Crippen molar-refractivity contribution in [3.63, 3.8) is 0 Å². The van der Waals surface area contributed by atoms with Crippen LogP contribution in [0.2, 0.25) is 0 Å². The molecule has 0 bridgehead atoms. The van der Waals surface area contributed by atoms with Gasteiger partial charge in [-0.1, -0.05) is 12.1 Å². The van der Waals surface area contributed by atoms with E-state index < -0.39 is 15.8 Å². The molecule has 0 saturated carbocycles. The Hall–Kier alpha value is -1.72. The Balaban J connectivity index is 1.95. The molecule has 0 atom stereocenters. The van der Waals surface area contributed by atoms with E-state index in [4.69, 9.17) is 0 Å². The van der Waals surface area contributed by atoms with Crippen LogP contribution >= 0.6 is 11.8 Å². The smallest absolute Gasteiger partial charge is 0.291 e. The minimum atomic E-state index is -3.25. The number of sulfonamides is 1. The number of para-hydroxylation sites is 2. The van der Waals surface area contributed by atoms with E-state index in [0.717, 1.165) is 0 Å². The number of hydrogen-bond donors (Lipinski definition) is 1. The molecule has 1 aromatic carbocycles. The summed E-state index contributed by atoms with van der Waals surface area (Å²) in [4.78, 5) is 16.4. The number of nitrogens with one attached hydrogen (secondary N) is 1. The average Bonchev–Trinajstić information content (AvgIpc) is 2.95. The van der Waals surface area contributed by atoms with Gasteiger partial charge in [-0.05, 0) is 37.2 Å². The number of benzene rings is 1. The molecular formula is C16H22F2N4O3S2. The van der Waals surface area contributed by atoms with Crippen molar-refractivity contribution in [3.05, 3.63) is 24.3 Å². The third-order valence-corrected chi connectivity index (χ3v) is 6.49. The molecule has 150 valence electrons. The van der Waals surface area contributed by atoms with Gasteiger partial charge in [0.15, 0.2) is 5.16 Å². The van der Waals surface area contributed by atoms with Crippen molar-refractivity contribution in [3.8, 4) is 0 Å². The van der Waals surface area contributed by atoms with E-state index in [-0.39, 0.29) is 36.5 Å². The third-order valence-electron chi connectivity index (χ3n) is 3.93. The van der Waals surface area contributed by atoms with Crippen LogP contribution in [0.15, 0.2) is 29.4 Å². The lowest BCUT2D eigenvalue weighted by atomic mass is 10.3. The fourth-order valence-electron chi connectivity index (χ4n) is 2.46. The second-order valence-electron chi connectivity index (χ2n) is 5.77. The van der Waals surface area contributed by atoms with Crippen LogP contribution < -0.4 is 5.32 Å². The van der Waals surface area contributed by atoms with Crippen LogP contribution in [0.5, 0.6) is 0 Å². The van der Waals surface area contributed by atoms with Gasteiger partial charge in [0.2, 0.25) is 15.9 Å². The van der Waals surface area contributed by atoms with Gasteiger partial charge >= 0.3 is 0 Å². The summed E-state index contributed by atoms with van der Waals surface area (Å²) in [6.45, 7) is 2.00. The van der Waals surface area contributed by atoms with Crippen molar-refractivity contribution in [2.75, 3.05) is 25.9 Å². The molecular weight excluding hydrogens is 398 g/mol. The Kier molecular flexibility index (Phi) is 7.57. The summed E-state index contributed by atoms with van der Waals surface area (Å²) >= 11 is 0.295. The molecule has 0 unspecified atom stereocenters. The number of nitrogens with zero attached hydrogens (tertiary/aromatic N) is 3. The number of imidazole rings is 1. The lowest BCUT2D eigenvalue weighted by molar-refractivity contribution is -0.121. The number of rotatable bonds is 10. The predicted octanol–water partition coefficient (Wildman–Crippen LogP) is 2.14. The topological polar surface area (TPSA) is 84.3 Å². The molecule has 7 nitrogen and oxygen atoms in total. The Morgan fingerprint density at radius 3 is 2.74 bits per heavy atom. The number of hydrogen-bond acceptors (Lipinski definition) is 5. The zero-order chi connectivity index (χ0) is 20.0. The van der Waals surface area contributed by atoms with Crippen LogP contribution in [0.3, 0.4) is 0 Å². The summed E-state index contributed by atoms with van der Waals surface area (Å²) in [5.41, 5.74) is 1.14. The van der Waals surface area contributed by atoms with E-state index in [2.05, 4.69) is 10.3 Å². The largest absolute Gasteiger partial charge is 0.355 e. The molecule has 1 aromatic heterocycles. The highest BCUT2D eigenvalue weighted by atomic mass is 32.2. The Morgan fingerprint density at radius 1 is 1.37 bits per heavy atom. The minimum Gasteiger partial charge on any atom is -0.355 e. The minimum absolute atomic E-state index is 0.0220. The standard InChI is InChI=1S/C16H22F2N4O3S2/c1-3-27(24,25)21(2)10-6-9-19-14(23)11-22-13-8-5-4-7-12(13)20-16(22)26-15(17)18/h4-5,7-8,15H,3,6,9-11H2,1-2H3,(H,19,23). The van der Waals surface area contributed by atoms with E-state index in [0.29, 0.717) is 29.2 Å². The molecule has 27 heavy (non-hydrogen) atoms. The number of carbonyl (C=O) groups excluding carboxylic acids is 1. The van der Waals surface area contributed by atoms with Crippen molar-refractivity contribution in [2.24, 2.45) is 0 Å². The molecule has 0 aliphatic carbocycles. The summed E-state index contributed by atoms with van der Waals surface area (Å²) in [6.07, 6.45) is 0.449. The van der Waals surface area contributed by atoms with Gasteiger partial charge in [-0.15, -0.1) is 0 Å². The van der Waals surface area contributed by atoms with E-state index in [1.165, 1.54) is 15.9 Å². The predicted molar refractivity (Wildman–Crippen MR) is 101 cm³/mol. The SMILES string of the molecule is CCS(=O)(=O)N(C)CCCNC(=O)Cn1c(SC(F)F)nc2ccccc21.